The number of hydrogen-bond acceptors (Lipinski definition) is 2. The lowest BCUT2D eigenvalue weighted by Crippen LogP contribution is -2.53. The van der Waals surface area contributed by atoms with Crippen molar-refractivity contribution >= 4 is 58.0 Å². The summed E-state index contributed by atoms with van der Waals surface area (Å²) in [5.74, 6) is 0.186. The molecule has 5 rings (SSSR count). The molecule has 170 valence electrons. The van der Waals surface area contributed by atoms with Gasteiger partial charge in [-0.3, -0.25) is 4.79 Å². The molecule has 0 spiro atoms. The molecular formula is C26H22Cl4N2O. The molecule has 0 unspecified atom stereocenters. The van der Waals surface area contributed by atoms with Gasteiger partial charge in [-0.1, -0.05) is 70.7 Å². The van der Waals surface area contributed by atoms with Crippen LogP contribution in [0.15, 0.2) is 66.7 Å². The van der Waals surface area contributed by atoms with Crippen LogP contribution in [0.2, 0.25) is 20.1 Å². The zero-order chi connectivity index (χ0) is 23.2. The average Bonchev–Trinajstić information content (AvgIpc) is 3.61. The number of amides is 1. The topological polar surface area (TPSA) is 23.6 Å². The van der Waals surface area contributed by atoms with Crippen LogP contribution >= 0.6 is 46.4 Å². The normalized spacial score (nSPS) is 19.5. The van der Waals surface area contributed by atoms with Crippen LogP contribution in [-0.2, 0) is 10.2 Å². The average molecular weight is 520 g/mol. The molecule has 2 fully saturated rings. The Labute approximate surface area is 213 Å². The van der Waals surface area contributed by atoms with Crippen LogP contribution < -0.4 is 4.90 Å². The van der Waals surface area contributed by atoms with E-state index in [-0.39, 0.29) is 11.9 Å². The van der Waals surface area contributed by atoms with Gasteiger partial charge in [-0.2, -0.15) is 0 Å². The summed E-state index contributed by atoms with van der Waals surface area (Å²) in [5.41, 5.74) is 2.60. The minimum atomic E-state index is -0.435. The molecule has 1 saturated carbocycles. The third-order valence-electron chi connectivity index (χ3n) is 6.70. The molecule has 1 aliphatic heterocycles. The summed E-state index contributed by atoms with van der Waals surface area (Å²) in [6.45, 7) is 1.85. The fourth-order valence-corrected chi connectivity index (χ4v) is 5.53. The maximum absolute atomic E-state index is 13.8. The van der Waals surface area contributed by atoms with Gasteiger partial charge < -0.3 is 9.80 Å². The molecule has 33 heavy (non-hydrogen) atoms. The predicted molar refractivity (Wildman–Crippen MR) is 137 cm³/mol. The first-order chi connectivity index (χ1) is 15.9. The highest BCUT2D eigenvalue weighted by molar-refractivity contribution is 6.36. The van der Waals surface area contributed by atoms with Crippen molar-refractivity contribution in [3.63, 3.8) is 0 Å². The highest BCUT2D eigenvalue weighted by Crippen LogP contribution is 2.50. The molecule has 3 aromatic rings. The molecule has 2 aliphatic rings. The van der Waals surface area contributed by atoms with Gasteiger partial charge in [0, 0.05) is 34.7 Å². The van der Waals surface area contributed by atoms with Crippen molar-refractivity contribution < 1.29 is 4.79 Å². The van der Waals surface area contributed by atoms with E-state index in [1.54, 1.807) is 6.07 Å². The van der Waals surface area contributed by atoms with Gasteiger partial charge >= 0.3 is 0 Å². The Morgan fingerprint density at radius 2 is 1.39 bits per heavy atom. The van der Waals surface area contributed by atoms with Crippen molar-refractivity contribution in [3.8, 4) is 0 Å². The van der Waals surface area contributed by atoms with E-state index in [1.165, 1.54) is 0 Å². The van der Waals surface area contributed by atoms with Crippen molar-refractivity contribution in [2.24, 2.45) is 0 Å². The van der Waals surface area contributed by atoms with Crippen molar-refractivity contribution in [1.29, 1.82) is 0 Å². The van der Waals surface area contributed by atoms with Crippen LogP contribution in [0.1, 0.15) is 30.0 Å². The summed E-state index contributed by atoms with van der Waals surface area (Å²) in [5, 5.41) is 2.55. The van der Waals surface area contributed by atoms with Crippen molar-refractivity contribution in [1.82, 2.24) is 4.90 Å². The second-order valence-electron chi connectivity index (χ2n) is 8.70. The quantitative estimate of drug-likeness (QED) is 0.358. The Morgan fingerprint density at radius 1 is 0.788 bits per heavy atom. The van der Waals surface area contributed by atoms with E-state index in [0.717, 1.165) is 29.7 Å². The molecule has 1 atom stereocenters. The van der Waals surface area contributed by atoms with E-state index in [9.17, 15) is 4.79 Å². The zero-order valence-corrected chi connectivity index (χ0v) is 20.8. The van der Waals surface area contributed by atoms with Crippen LogP contribution in [0.25, 0.3) is 0 Å². The number of benzene rings is 3. The van der Waals surface area contributed by atoms with Gasteiger partial charge in [-0.25, -0.2) is 0 Å². The molecule has 1 aliphatic carbocycles. The fraction of sp³-hybridized carbons (Fsp3) is 0.269. The molecule has 0 N–H and O–H groups in total. The molecule has 3 nitrogen and oxygen atoms in total. The molecule has 1 saturated heterocycles. The molecule has 3 aromatic carbocycles. The number of halogens is 4. The monoisotopic (exact) mass is 518 g/mol. The van der Waals surface area contributed by atoms with Gasteiger partial charge in [0.05, 0.1) is 22.2 Å². The Balaban J connectivity index is 1.46. The number of nitrogens with zero attached hydrogens (tertiary/aromatic N) is 2. The smallest absolute Gasteiger partial charge is 0.233 e. The number of piperazine rings is 1. The van der Waals surface area contributed by atoms with Crippen LogP contribution in [-0.4, -0.2) is 30.4 Å². The molecular weight excluding hydrogens is 498 g/mol. The molecule has 1 amide bonds. The van der Waals surface area contributed by atoms with E-state index >= 15 is 0 Å². The van der Waals surface area contributed by atoms with Crippen LogP contribution in [0.4, 0.5) is 5.69 Å². The first-order valence-electron chi connectivity index (χ1n) is 10.9. The molecule has 0 radical (unpaired) electrons. The van der Waals surface area contributed by atoms with Crippen LogP contribution in [0, 0.1) is 0 Å². The number of hydrogen-bond donors (Lipinski definition) is 0. The van der Waals surface area contributed by atoms with E-state index in [0.29, 0.717) is 39.7 Å². The summed E-state index contributed by atoms with van der Waals surface area (Å²) >= 11 is 24.9. The lowest BCUT2D eigenvalue weighted by molar-refractivity contribution is -0.134. The molecule has 7 heteroatoms. The minimum Gasteiger partial charge on any atom is -0.360 e. The molecule has 0 bridgehead atoms. The second kappa shape index (κ2) is 9.03. The van der Waals surface area contributed by atoms with Gasteiger partial charge in [0.25, 0.3) is 0 Å². The number of carbonyl (C=O) groups excluding carboxylic acids is 1. The van der Waals surface area contributed by atoms with Crippen molar-refractivity contribution in [2.45, 2.75) is 24.3 Å². The minimum absolute atomic E-state index is 0.0559. The first kappa shape index (κ1) is 22.9. The second-order valence-corrected chi connectivity index (χ2v) is 10.4. The van der Waals surface area contributed by atoms with Crippen LogP contribution in [0.3, 0.4) is 0 Å². The maximum Gasteiger partial charge on any atom is 0.233 e. The van der Waals surface area contributed by atoms with Gasteiger partial charge in [0.2, 0.25) is 5.91 Å². The van der Waals surface area contributed by atoms with E-state index in [4.69, 9.17) is 46.4 Å². The van der Waals surface area contributed by atoms with Gasteiger partial charge in [0.1, 0.15) is 0 Å². The van der Waals surface area contributed by atoms with Crippen molar-refractivity contribution in [3.05, 3.63) is 97.9 Å². The van der Waals surface area contributed by atoms with E-state index in [2.05, 4.69) is 4.90 Å². The van der Waals surface area contributed by atoms with Crippen LogP contribution in [0.5, 0.6) is 0 Å². The maximum atomic E-state index is 13.8. The lowest BCUT2D eigenvalue weighted by Gasteiger charge is -2.44. The zero-order valence-electron chi connectivity index (χ0n) is 17.8. The SMILES string of the molecule is O=C(N1CCN(c2ccc(Cl)cc2Cl)[C@H](c2ccc(Cl)cc2)C1)C1(c2ccc(Cl)cc2)CC1. The number of carbonyl (C=O) groups is 1. The third kappa shape index (κ3) is 4.44. The summed E-state index contributed by atoms with van der Waals surface area (Å²) in [7, 11) is 0. The van der Waals surface area contributed by atoms with E-state index < -0.39 is 5.41 Å². The Morgan fingerprint density at radius 3 is 2.00 bits per heavy atom. The van der Waals surface area contributed by atoms with Crippen molar-refractivity contribution in [2.75, 3.05) is 24.5 Å². The Hall–Kier alpha value is -1.91. The highest BCUT2D eigenvalue weighted by atomic mass is 35.5. The molecule has 1 heterocycles. The highest BCUT2D eigenvalue weighted by Gasteiger charge is 2.53. The third-order valence-corrected chi connectivity index (χ3v) is 7.74. The fourth-order valence-electron chi connectivity index (χ4n) is 4.76. The van der Waals surface area contributed by atoms with Gasteiger partial charge in [-0.05, 0) is 66.4 Å². The van der Waals surface area contributed by atoms with Gasteiger partial charge in [-0.15, -0.1) is 0 Å². The van der Waals surface area contributed by atoms with E-state index in [1.807, 2.05) is 65.6 Å². The summed E-state index contributed by atoms with van der Waals surface area (Å²) in [6, 6.07) is 21.0. The summed E-state index contributed by atoms with van der Waals surface area (Å²) in [6.07, 6.45) is 1.73. The molecule has 0 aromatic heterocycles. The Kier molecular flexibility index (Phi) is 6.26. The predicted octanol–water partition coefficient (Wildman–Crippen LogP) is 7.42. The lowest BCUT2D eigenvalue weighted by atomic mass is 9.93. The first-order valence-corrected chi connectivity index (χ1v) is 12.4. The largest absolute Gasteiger partial charge is 0.360 e. The van der Waals surface area contributed by atoms with Gasteiger partial charge in [0.15, 0.2) is 0 Å². The standard InChI is InChI=1S/C26H22Cl4N2O/c27-19-5-1-17(2-6-19)24-16-31(13-14-32(24)23-10-9-21(29)15-22(23)30)25(33)26(11-12-26)18-3-7-20(28)8-4-18/h1-10,15,24H,11-14,16H2/t24-/m0/s1. The number of anilines is 1. The summed E-state index contributed by atoms with van der Waals surface area (Å²) < 4.78 is 0. The summed E-state index contributed by atoms with van der Waals surface area (Å²) in [4.78, 5) is 18.0. The number of rotatable bonds is 4. The Bertz CT molecular complexity index is 1180.